The first-order valence-corrected chi connectivity index (χ1v) is 6.20. The monoisotopic (exact) mass is 257 g/mol. The van der Waals surface area contributed by atoms with Gasteiger partial charge in [-0.3, -0.25) is 4.79 Å². The normalized spacial score (nSPS) is 13.3. The van der Waals surface area contributed by atoms with Crippen LogP contribution in [0.5, 0.6) is 0 Å². The first-order valence-electron chi connectivity index (χ1n) is 5.83. The van der Waals surface area contributed by atoms with Gasteiger partial charge in [0.05, 0.1) is 6.42 Å². The van der Waals surface area contributed by atoms with Crippen LogP contribution in [-0.4, -0.2) is 5.91 Å². The number of fused-ring (bicyclic) bond motifs is 1. The molecule has 2 nitrogen and oxygen atoms in total. The molecule has 0 aliphatic carbocycles. The van der Waals surface area contributed by atoms with Gasteiger partial charge >= 0.3 is 0 Å². The molecule has 2 aromatic rings. The lowest BCUT2D eigenvalue weighted by molar-refractivity contribution is -0.115. The van der Waals surface area contributed by atoms with Crippen molar-refractivity contribution in [1.82, 2.24) is 0 Å². The number of amides is 1. The lowest BCUT2D eigenvalue weighted by atomic mass is 9.98. The molecule has 0 radical (unpaired) electrons. The first kappa shape index (κ1) is 11.3. The summed E-state index contributed by atoms with van der Waals surface area (Å²) in [5.41, 5.74) is 5.37. The topological polar surface area (TPSA) is 29.1 Å². The Kier molecular flexibility index (Phi) is 2.60. The second-order valence-electron chi connectivity index (χ2n) is 4.56. The van der Waals surface area contributed by atoms with E-state index in [4.69, 9.17) is 11.6 Å². The minimum atomic E-state index is 0.0602. The van der Waals surface area contributed by atoms with Gasteiger partial charge in [-0.05, 0) is 53.4 Å². The van der Waals surface area contributed by atoms with Crippen molar-refractivity contribution in [3.05, 3.63) is 52.5 Å². The van der Waals surface area contributed by atoms with Gasteiger partial charge in [-0.15, -0.1) is 0 Å². The van der Waals surface area contributed by atoms with Crippen LogP contribution in [0.2, 0.25) is 5.02 Å². The summed E-state index contributed by atoms with van der Waals surface area (Å²) in [6.07, 6.45) is 0.461. The summed E-state index contributed by atoms with van der Waals surface area (Å²) in [5.74, 6) is 0.0602. The summed E-state index contributed by atoms with van der Waals surface area (Å²) in [6, 6.07) is 11.9. The number of hydrogen-bond acceptors (Lipinski definition) is 1. The minimum Gasteiger partial charge on any atom is -0.326 e. The number of carbonyl (C=O) groups is 1. The Balaban J connectivity index is 2.11. The van der Waals surface area contributed by atoms with Crippen LogP contribution in [0.1, 0.15) is 11.1 Å². The van der Waals surface area contributed by atoms with Crippen LogP contribution in [0.25, 0.3) is 11.1 Å². The Hall–Kier alpha value is -1.80. The quantitative estimate of drug-likeness (QED) is 0.827. The van der Waals surface area contributed by atoms with Crippen molar-refractivity contribution in [3.8, 4) is 11.1 Å². The Labute approximate surface area is 111 Å². The third-order valence-electron chi connectivity index (χ3n) is 3.24. The number of nitrogens with one attached hydrogen (secondary N) is 1. The van der Waals surface area contributed by atoms with Crippen molar-refractivity contribution in [2.24, 2.45) is 0 Å². The number of carbonyl (C=O) groups excluding carboxylic acids is 1. The fourth-order valence-electron chi connectivity index (χ4n) is 2.30. The molecule has 0 atom stereocenters. The lowest BCUT2D eigenvalue weighted by Crippen LogP contribution is -2.03. The van der Waals surface area contributed by atoms with Gasteiger partial charge in [0.1, 0.15) is 0 Å². The van der Waals surface area contributed by atoms with Crippen LogP contribution in [0.3, 0.4) is 0 Å². The van der Waals surface area contributed by atoms with Crippen molar-refractivity contribution in [3.63, 3.8) is 0 Å². The summed E-state index contributed by atoms with van der Waals surface area (Å²) in [5, 5.41) is 3.56. The van der Waals surface area contributed by atoms with Gasteiger partial charge in [-0.25, -0.2) is 0 Å². The second kappa shape index (κ2) is 4.14. The number of aryl methyl sites for hydroxylation is 1. The molecule has 18 heavy (non-hydrogen) atoms. The van der Waals surface area contributed by atoms with E-state index < -0.39 is 0 Å². The van der Waals surface area contributed by atoms with Gasteiger partial charge in [0, 0.05) is 10.7 Å². The number of halogens is 1. The summed E-state index contributed by atoms with van der Waals surface area (Å²) < 4.78 is 0. The molecule has 0 unspecified atom stereocenters. The van der Waals surface area contributed by atoms with Crippen LogP contribution in [0, 0.1) is 6.92 Å². The molecule has 1 amide bonds. The zero-order valence-electron chi connectivity index (χ0n) is 9.96. The Morgan fingerprint density at radius 1 is 1.17 bits per heavy atom. The van der Waals surface area contributed by atoms with Crippen molar-refractivity contribution < 1.29 is 4.79 Å². The van der Waals surface area contributed by atoms with E-state index in [0.717, 1.165) is 27.4 Å². The molecule has 0 aromatic heterocycles. The maximum Gasteiger partial charge on any atom is 0.228 e. The standard InChI is InChI=1S/C15H12ClNO/c1-9-2-4-12(16)8-13(9)10-3-5-14-11(6-10)7-15(18)17-14/h2-6,8H,7H2,1H3,(H,17,18). The molecule has 3 heteroatoms. The highest BCUT2D eigenvalue weighted by Crippen LogP contribution is 2.31. The second-order valence-corrected chi connectivity index (χ2v) is 4.99. The Bertz CT molecular complexity index is 649. The molecule has 2 aromatic carbocycles. The van der Waals surface area contributed by atoms with Crippen LogP contribution in [-0.2, 0) is 11.2 Å². The van der Waals surface area contributed by atoms with E-state index in [1.807, 2.05) is 30.3 Å². The maximum absolute atomic E-state index is 11.3. The molecule has 1 N–H and O–H groups in total. The van der Waals surface area contributed by atoms with E-state index in [1.165, 1.54) is 5.56 Å². The number of anilines is 1. The van der Waals surface area contributed by atoms with Gasteiger partial charge in [-0.1, -0.05) is 23.7 Å². The number of rotatable bonds is 1. The molecule has 3 rings (SSSR count). The molecule has 0 saturated heterocycles. The fraction of sp³-hybridized carbons (Fsp3) is 0.133. The highest BCUT2D eigenvalue weighted by atomic mass is 35.5. The molecule has 0 spiro atoms. The highest BCUT2D eigenvalue weighted by Gasteiger charge is 2.18. The molecule has 1 heterocycles. The smallest absolute Gasteiger partial charge is 0.228 e. The van der Waals surface area contributed by atoms with Crippen LogP contribution in [0.4, 0.5) is 5.69 Å². The third kappa shape index (κ3) is 1.89. The summed E-state index contributed by atoms with van der Waals surface area (Å²) in [7, 11) is 0. The molecular weight excluding hydrogens is 246 g/mol. The molecule has 1 aliphatic rings. The van der Waals surface area contributed by atoms with Crippen LogP contribution >= 0.6 is 11.6 Å². The van der Waals surface area contributed by atoms with Crippen LogP contribution < -0.4 is 5.32 Å². The minimum absolute atomic E-state index is 0.0602. The predicted molar refractivity (Wildman–Crippen MR) is 74.0 cm³/mol. The average Bonchev–Trinajstić information content (AvgIpc) is 2.71. The summed E-state index contributed by atoms with van der Waals surface area (Å²) in [4.78, 5) is 11.3. The van der Waals surface area contributed by atoms with E-state index in [0.29, 0.717) is 6.42 Å². The van der Waals surface area contributed by atoms with E-state index in [9.17, 15) is 4.79 Å². The van der Waals surface area contributed by atoms with E-state index in [1.54, 1.807) is 0 Å². The van der Waals surface area contributed by atoms with Gasteiger partial charge in [0.2, 0.25) is 5.91 Å². The first-order chi connectivity index (χ1) is 8.63. The van der Waals surface area contributed by atoms with Crippen molar-refractivity contribution >= 4 is 23.2 Å². The average molecular weight is 258 g/mol. The number of hydrogen-bond donors (Lipinski definition) is 1. The largest absolute Gasteiger partial charge is 0.326 e. The van der Waals surface area contributed by atoms with Crippen molar-refractivity contribution in [2.75, 3.05) is 5.32 Å². The van der Waals surface area contributed by atoms with E-state index in [-0.39, 0.29) is 5.91 Å². The summed E-state index contributed by atoms with van der Waals surface area (Å²) in [6.45, 7) is 2.06. The van der Waals surface area contributed by atoms with Gasteiger partial charge in [0.25, 0.3) is 0 Å². The Morgan fingerprint density at radius 2 is 2.00 bits per heavy atom. The van der Waals surface area contributed by atoms with E-state index in [2.05, 4.69) is 18.3 Å². The fourth-order valence-corrected chi connectivity index (χ4v) is 2.47. The van der Waals surface area contributed by atoms with Crippen molar-refractivity contribution in [1.29, 1.82) is 0 Å². The third-order valence-corrected chi connectivity index (χ3v) is 3.48. The molecule has 0 saturated carbocycles. The molecule has 90 valence electrons. The van der Waals surface area contributed by atoms with Crippen molar-refractivity contribution in [2.45, 2.75) is 13.3 Å². The predicted octanol–water partition coefficient (Wildman–Crippen LogP) is 3.81. The van der Waals surface area contributed by atoms with Crippen LogP contribution in [0.15, 0.2) is 36.4 Å². The zero-order chi connectivity index (χ0) is 12.7. The zero-order valence-corrected chi connectivity index (χ0v) is 10.7. The van der Waals surface area contributed by atoms with Gasteiger partial charge < -0.3 is 5.32 Å². The molecule has 0 fully saturated rings. The van der Waals surface area contributed by atoms with Gasteiger partial charge in [-0.2, -0.15) is 0 Å². The summed E-state index contributed by atoms with van der Waals surface area (Å²) >= 11 is 6.04. The maximum atomic E-state index is 11.3. The lowest BCUT2D eigenvalue weighted by Gasteiger charge is -2.08. The highest BCUT2D eigenvalue weighted by molar-refractivity contribution is 6.30. The number of benzene rings is 2. The molecule has 0 bridgehead atoms. The van der Waals surface area contributed by atoms with E-state index >= 15 is 0 Å². The SMILES string of the molecule is Cc1ccc(Cl)cc1-c1ccc2c(c1)CC(=O)N2. The molecular formula is C15H12ClNO. The molecule has 1 aliphatic heterocycles. The van der Waals surface area contributed by atoms with Gasteiger partial charge in [0.15, 0.2) is 0 Å². The Morgan fingerprint density at radius 3 is 2.83 bits per heavy atom.